The van der Waals surface area contributed by atoms with Gasteiger partial charge in [0.25, 0.3) is 5.91 Å². The van der Waals surface area contributed by atoms with Gasteiger partial charge in [0.15, 0.2) is 5.75 Å². The van der Waals surface area contributed by atoms with Crippen LogP contribution in [0.3, 0.4) is 0 Å². The Morgan fingerprint density at radius 1 is 1.39 bits per heavy atom. The Labute approximate surface area is 136 Å². The first-order valence-electron chi connectivity index (χ1n) is 7.10. The second kappa shape index (κ2) is 7.63. The minimum absolute atomic E-state index is 0.134. The molecule has 1 amide bonds. The number of carbonyl (C=O) groups is 1. The van der Waals surface area contributed by atoms with E-state index >= 15 is 0 Å². The minimum Gasteiger partial charge on any atom is -0.487 e. The fourth-order valence-corrected chi connectivity index (χ4v) is 2.70. The third-order valence-corrected chi connectivity index (χ3v) is 3.77. The number of benzene rings is 1. The normalized spacial score (nSPS) is 10.3. The first-order valence-corrected chi connectivity index (χ1v) is 7.91. The summed E-state index contributed by atoms with van der Waals surface area (Å²) < 4.78 is 5.19. The molecule has 2 aromatic rings. The maximum Gasteiger partial charge on any atom is 0.311 e. The van der Waals surface area contributed by atoms with Crippen LogP contribution in [-0.2, 0) is 6.42 Å². The number of carbonyl (C=O) groups excluding carboxylic acids is 1. The van der Waals surface area contributed by atoms with Gasteiger partial charge in [-0.15, -0.1) is 10.2 Å². The van der Waals surface area contributed by atoms with E-state index in [-0.39, 0.29) is 17.0 Å². The molecule has 23 heavy (non-hydrogen) atoms. The van der Waals surface area contributed by atoms with Crippen molar-refractivity contribution in [2.75, 3.05) is 11.9 Å². The van der Waals surface area contributed by atoms with E-state index in [1.54, 1.807) is 6.92 Å². The quantitative estimate of drug-likeness (QED) is 0.615. The van der Waals surface area contributed by atoms with Crippen molar-refractivity contribution in [2.45, 2.75) is 26.7 Å². The molecule has 0 aliphatic rings. The molecule has 0 saturated carbocycles. The largest absolute Gasteiger partial charge is 0.487 e. The van der Waals surface area contributed by atoms with Gasteiger partial charge in [-0.05, 0) is 25.5 Å². The molecule has 0 radical (unpaired) electrons. The zero-order valence-electron chi connectivity index (χ0n) is 12.7. The van der Waals surface area contributed by atoms with Crippen LogP contribution in [0.2, 0.25) is 0 Å². The van der Waals surface area contributed by atoms with E-state index in [2.05, 4.69) is 15.5 Å². The first kappa shape index (κ1) is 16.8. The van der Waals surface area contributed by atoms with Crippen molar-refractivity contribution < 1.29 is 14.5 Å². The van der Waals surface area contributed by atoms with Crippen LogP contribution in [-0.4, -0.2) is 27.6 Å². The number of nitrogens with one attached hydrogen (secondary N) is 1. The number of amides is 1. The van der Waals surface area contributed by atoms with Crippen LogP contribution in [0.25, 0.3) is 0 Å². The summed E-state index contributed by atoms with van der Waals surface area (Å²) in [7, 11) is 0. The third kappa shape index (κ3) is 4.22. The highest BCUT2D eigenvalue weighted by atomic mass is 32.1. The van der Waals surface area contributed by atoms with Gasteiger partial charge in [-0.2, -0.15) is 0 Å². The Morgan fingerprint density at radius 3 is 2.83 bits per heavy atom. The molecule has 0 fully saturated rings. The predicted molar refractivity (Wildman–Crippen MR) is 86.1 cm³/mol. The highest BCUT2D eigenvalue weighted by molar-refractivity contribution is 7.15. The number of aryl methyl sites for hydroxylation is 1. The Balaban J connectivity index is 2.18. The van der Waals surface area contributed by atoms with E-state index in [0.29, 0.717) is 11.7 Å². The van der Waals surface area contributed by atoms with Gasteiger partial charge >= 0.3 is 5.69 Å². The van der Waals surface area contributed by atoms with Crippen LogP contribution >= 0.6 is 11.3 Å². The van der Waals surface area contributed by atoms with Crippen LogP contribution < -0.4 is 10.1 Å². The molecule has 0 atom stereocenters. The number of anilines is 1. The van der Waals surface area contributed by atoms with Crippen LogP contribution in [0.15, 0.2) is 18.2 Å². The van der Waals surface area contributed by atoms with E-state index < -0.39 is 10.8 Å². The summed E-state index contributed by atoms with van der Waals surface area (Å²) >= 11 is 1.29. The average molecular weight is 336 g/mol. The summed E-state index contributed by atoms with van der Waals surface area (Å²) in [5.74, 6) is -0.342. The van der Waals surface area contributed by atoms with Crippen LogP contribution in [0.1, 0.15) is 35.6 Å². The van der Waals surface area contributed by atoms with Crippen molar-refractivity contribution in [3.8, 4) is 5.75 Å². The Kier molecular flexibility index (Phi) is 5.58. The van der Waals surface area contributed by atoms with E-state index in [1.165, 1.54) is 29.5 Å². The SMILES string of the molecule is CCCc1nnc(NC(=O)c2ccc(OCC)c([N+](=O)[O-])c2)s1. The van der Waals surface area contributed by atoms with Gasteiger partial charge in [0.2, 0.25) is 5.13 Å². The highest BCUT2D eigenvalue weighted by Gasteiger charge is 2.19. The second-order valence-corrected chi connectivity index (χ2v) is 5.64. The summed E-state index contributed by atoms with van der Waals surface area (Å²) in [6.07, 6.45) is 1.73. The Morgan fingerprint density at radius 2 is 2.17 bits per heavy atom. The zero-order chi connectivity index (χ0) is 16.8. The van der Waals surface area contributed by atoms with E-state index in [0.717, 1.165) is 17.8 Å². The van der Waals surface area contributed by atoms with E-state index in [1.807, 2.05) is 6.92 Å². The zero-order valence-corrected chi connectivity index (χ0v) is 13.6. The average Bonchev–Trinajstić information content (AvgIpc) is 2.95. The van der Waals surface area contributed by atoms with Crippen LogP contribution in [0.5, 0.6) is 5.75 Å². The molecule has 0 bridgehead atoms. The molecule has 0 spiro atoms. The molecule has 0 aliphatic heterocycles. The van der Waals surface area contributed by atoms with E-state index in [9.17, 15) is 14.9 Å². The molecule has 0 unspecified atom stereocenters. The van der Waals surface area contributed by atoms with Gasteiger partial charge in [-0.1, -0.05) is 18.3 Å². The summed E-state index contributed by atoms with van der Waals surface area (Å²) in [6.45, 7) is 4.06. The van der Waals surface area contributed by atoms with E-state index in [4.69, 9.17) is 4.74 Å². The maximum atomic E-state index is 12.2. The number of nitro groups is 1. The van der Waals surface area contributed by atoms with Crippen LogP contribution in [0, 0.1) is 10.1 Å². The molecule has 1 heterocycles. The minimum atomic E-state index is -0.577. The number of hydrogen-bond acceptors (Lipinski definition) is 7. The molecule has 1 aromatic carbocycles. The van der Waals surface area contributed by atoms with Gasteiger partial charge in [0.05, 0.1) is 11.5 Å². The number of nitro benzene ring substituents is 1. The molecular formula is C14H16N4O4S. The standard InChI is InChI=1S/C14H16N4O4S/c1-3-5-12-16-17-14(23-12)15-13(19)9-6-7-11(22-4-2)10(8-9)18(20)21/h6-8H,3-5H2,1-2H3,(H,15,17,19). The number of rotatable bonds is 7. The van der Waals surface area contributed by atoms with Crippen molar-refractivity contribution >= 4 is 28.1 Å². The van der Waals surface area contributed by atoms with Crippen molar-refractivity contribution in [2.24, 2.45) is 0 Å². The van der Waals surface area contributed by atoms with Gasteiger partial charge in [-0.25, -0.2) is 0 Å². The lowest BCUT2D eigenvalue weighted by molar-refractivity contribution is -0.385. The first-order chi connectivity index (χ1) is 11.0. The van der Waals surface area contributed by atoms with Crippen LogP contribution in [0.4, 0.5) is 10.8 Å². The van der Waals surface area contributed by atoms with Crippen molar-refractivity contribution in [1.82, 2.24) is 10.2 Å². The summed E-state index contributed by atoms with van der Waals surface area (Å²) in [4.78, 5) is 22.7. The number of aromatic nitrogens is 2. The lowest BCUT2D eigenvalue weighted by Crippen LogP contribution is -2.12. The second-order valence-electron chi connectivity index (χ2n) is 4.58. The van der Waals surface area contributed by atoms with Crippen molar-refractivity contribution in [3.05, 3.63) is 38.9 Å². The number of nitrogens with zero attached hydrogens (tertiary/aromatic N) is 3. The molecule has 1 N–H and O–H groups in total. The molecular weight excluding hydrogens is 320 g/mol. The summed E-state index contributed by atoms with van der Waals surface area (Å²) in [6, 6.07) is 4.08. The molecule has 2 rings (SSSR count). The number of ether oxygens (including phenoxy) is 1. The van der Waals surface area contributed by atoms with Gasteiger partial charge in [0, 0.05) is 18.1 Å². The van der Waals surface area contributed by atoms with Gasteiger partial charge in [0.1, 0.15) is 5.01 Å². The third-order valence-electron chi connectivity index (χ3n) is 2.87. The molecule has 8 nitrogen and oxygen atoms in total. The molecule has 1 aromatic heterocycles. The molecule has 122 valence electrons. The predicted octanol–water partition coefficient (Wildman–Crippen LogP) is 3.05. The maximum absolute atomic E-state index is 12.2. The lowest BCUT2D eigenvalue weighted by Gasteiger charge is -2.06. The van der Waals surface area contributed by atoms with Crippen molar-refractivity contribution in [1.29, 1.82) is 0 Å². The highest BCUT2D eigenvalue weighted by Crippen LogP contribution is 2.28. The van der Waals surface area contributed by atoms with Crippen molar-refractivity contribution in [3.63, 3.8) is 0 Å². The fraction of sp³-hybridized carbons (Fsp3) is 0.357. The Hall–Kier alpha value is -2.55. The van der Waals surface area contributed by atoms with Gasteiger partial charge in [-0.3, -0.25) is 20.2 Å². The number of hydrogen-bond donors (Lipinski definition) is 1. The Bertz CT molecular complexity index is 717. The molecule has 0 aliphatic carbocycles. The summed E-state index contributed by atoms with van der Waals surface area (Å²) in [5, 5.41) is 22.7. The smallest absolute Gasteiger partial charge is 0.311 e. The molecule has 9 heteroatoms. The monoisotopic (exact) mass is 336 g/mol. The lowest BCUT2D eigenvalue weighted by atomic mass is 10.2. The summed E-state index contributed by atoms with van der Waals surface area (Å²) in [5.41, 5.74) is -0.0872. The fourth-order valence-electron chi connectivity index (χ4n) is 1.87. The molecule has 0 saturated heterocycles. The van der Waals surface area contributed by atoms with Gasteiger partial charge < -0.3 is 4.74 Å². The topological polar surface area (TPSA) is 107 Å².